The predicted molar refractivity (Wildman–Crippen MR) is 78.6 cm³/mol. The highest BCUT2D eigenvalue weighted by Gasteiger charge is 2.39. The number of methoxy groups -OCH3 is 1. The molecule has 2 saturated heterocycles. The van der Waals surface area contributed by atoms with Gasteiger partial charge in [-0.3, -0.25) is 4.79 Å². The summed E-state index contributed by atoms with van der Waals surface area (Å²) in [5.41, 5.74) is 0. The summed E-state index contributed by atoms with van der Waals surface area (Å²) < 4.78 is 10.6. The van der Waals surface area contributed by atoms with E-state index >= 15 is 0 Å². The van der Waals surface area contributed by atoms with Gasteiger partial charge < -0.3 is 14.6 Å². The fraction of sp³-hybridized carbons (Fsp3) is 0.923. The molecule has 0 spiro atoms. The van der Waals surface area contributed by atoms with E-state index in [9.17, 15) is 9.90 Å². The molecule has 0 aromatic carbocycles. The molecule has 0 unspecified atom stereocenters. The molecule has 0 bridgehead atoms. The van der Waals surface area contributed by atoms with Crippen molar-refractivity contribution >= 4 is 29.3 Å². The van der Waals surface area contributed by atoms with Crippen LogP contribution >= 0.6 is 23.5 Å². The fourth-order valence-electron chi connectivity index (χ4n) is 2.67. The predicted octanol–water partition coefficient (Wildman–Crippen LogP) is 1.41. The van der Waals surface area contributed by atoms with Crippen LogP contribution in [0.25, 0.3) is 0 Å². The molecule has 2 fully saturated rings. The Balaban J connectivity index is 1.97. The number of rotatable bonds is 5. The number of aliphatic hydroxyl groups excluding tert-OH is 1. The quantitative estimate of drug-likeness (QED) is 0.775. The van der Waals surface area contributed by atoms with Crippen LogP contribution in [0.4, 0.5) is 0 Å². The second kappa shape index (κ2) is 7.88. The van der Waals surface area contributed by atoms with Crippen LogP contribution in [0.2, 0.25) is 0 Å². The maximum absolute atomic E-state index is 12.0. The molecule has 4 nitrogen and oxygen atoms in total. The lowest BCUT2D eigenvalue weighted by molar-refractivity contribution is -0.133. The Hall–Kier alpha value is 0.250. The van der Waals surface area contributed by atoms with Gasteiger partial charge in [0, 0.05) is 36.7 Å². The van der Waals surface area contributed by atoms with Crippen LogP contribution in [-0.2, 0) is 14.3 Å². The van der Waals surface area contributed by atoms with Crippen molar-refractivity contribution in [2.75, 3.05) is 36.9 Å². The molecule has 1 N–H and O–H groups in total. The van der Waals surface area contributed by atoms with E-state index in [-0.39, 0.29) is 30.5 Å². The van der Waals surface area contributed by atoms with Crippen LogP contribution in [0.5, 0.6) is 0 Å². The van der Waals surface area contributed by atoms with Crippen LogP contribution in [0, 0.1) is 11.8 Å². The molecular formula is C13H22O4S2. The highest BCUT2D eigenvalue weighted by molar-refractivity contribution is 7.99. The van der Waals surface area contributed by atoms with E-state index in [1.807, 2.05) is 11.8 Å². The van der Waals surface area contributed by atoms with E-state index in [1.165, 1.54) is 0 Å². The lowest BCUT2D eigenvalue weighted by Crippen LogP contribution is -2.46. The SMILES string of the molecule is COCO[C@H]1CCSC[C@@H]1[C@@H](O)[C@H]1CSCCC1=O. The molecule has 2 aliphatic heterocycles. The van der Waals surface area contributed by atoms with Crippen molar-refractivity contribution in [3.8, 4) is 0 Å². The highest BCUT2D eigenvalue weighted by Crippen LogP contribution is 2.34. The molecule has 0 aromatic rings. The number of thioether (sulfide) groups is 2. The molecule has 6 heteroatoms. The van der Waals surface area contributed by atoms with Crippen molar-refractivity contribution in [3.05, 3.63) is 0 Å². The second-order valence-corrected chi connectivity index (χ2v) is 7.33. The average Bonchev–Trinajstić information content (AvgIpc) is 2.45. The Bertz CT molecular complexity index is 300. The fourth-order valence-corrected chi connectivity index (χ4v) is 5.07. The van der Waals surface area contributed by atoms with Crippen molar-refractivity contribution in [1.82, 2.24) is 0 Å². The summed E-state index contributed by atoms with van der Waals surface area (Å²) in [6.45, 7) is 0.256. The van der Waals surface area contributed by atoms with E-state index in [0.29, 0.717) is 6.42 Å². The van der Waals surface area contributed by atoms with Crippen LogP contribution in [-0.4, -0.2) is 60.0 Å². The minimum atomic E-state index is -0.574. The summed E-state index contributed by atoms with van der Waals surface area (Å²) in [6.07, 6.45) is 0.950. The molecule has 4 atom stereocenters. The number of hydrogen-bond acceptors (Lipinski definition) is 6. The third kappa shape index (κ3) is 4.11. The van der Waals surface area contributed by atoms with Crippen LogP contribution in [0.15, 0.2) is 0 Å². The normalized spacial score (nSPS) is 34.2. The number of Topliss-reactive ketones (excluding diaryl/α,β-unsaturated/α-hetero) is 1. The van der Waals surface area contributed by atoms with Gasteiger partial charge in [-0.05, 0) is 12.2 Å². The van der Waals surface area contributed by atoms with Gasteiger partial charge in [0.1, 0.15) is 12.6 Å². The lowest BCUT2D eigenvalue weighted by atomic mass is 9.84. The largest absolute Gasteiger partial charge is 0.392 e. The molecule has 110 valence electrons. The minimum absolute atomic E-state index is 0.0101. The van der Waals surface area contributed by atoms with Crippen molar-refractivity contribution in [2.45, 2.75) is 25.0 Å². The monoisotopic (exact) mass is 306 g/mol. The zero-order chi connectivity index (χ0) is 13.7. The third-order valence-electron chi connectivity index (χ3n) is 3.79. The van der Waals surface area contributed by atoms with Crippen LogP contribution in [0.3, 0.4) is 0 Å². The molecule has 2 aliphatic rings. The van der Waals surface area contributed by atoms with Crippen LogP contribution < -0.4 is 0 Å². The van der Waals surface area contributed by atoms with Crippen molar-refractivity contribution in [3.63, 3.8) is 0 Å². The maximum atomic E-state index is 12.0. The summed E-state index contributed by atoms with van der Waals surface area (Å²) in [5.74, 6) is 3.60. The maximum Gasteiger partial charge on any atom is 0.146 e. The molecule has 0 amide bonds. The first-order valence-electron chi connectivity index (χ1n) is 6.71. The zero-order valence-electron chi connectivity index (χ0n) is 11.2. The first-order valence-corrected chi connectivity index (χ1v) is 9.01. The van der Waals surface area contributed by atoms with Crippen molar-refractivity contribution in [1.29, 1.82) is 0 Å². The number of hydrogen-bond donors (Lipinski definition) is 1. The Labute approximate surface area is 123 Å². The third-order valence-corrected chi connectivity index (χ3v) is 6.02. The Morgan fingerprint density at radius 1 is 1.37 bits per heavy atom. The van der Waals surface area contributed by atoms with E-state index in [1.54, 1.807) is 18.9 Å². The van der Waals surface area contributed by atoms with Gasteiger partial charge in [0.05, 0.1) is 18.1 Å². The average molecular weight is 306 g/mol. The van der Waals surface area contributed by atoms with Gasteiger partial charge in [-0.1, -0.05) is 0 Å². The Morgan fingerprint density at radius 3 is 2.89 bits per heavy atom. The summed E-state index contributed by atoms with van der Waals surface area (Å²) in [6, 6.07) is 0. The molecule has 0 saturated carbocycles. The van der Waals surface area contributed by atoms with Gasteiger partial charge in [0.2, 0.25) is 0 Å². The summed E-state index contributed by atoms with van der Waals surface area (Å²) in [4.78, 5) is 12.0. The van der Waals surface area contributed by atoms with Crippen LogP contribution in [0.1, 0.15) is 12.8 Å². The molecule has 0 aromatic heterocycles. The summed E-state index contributed by atoms with van der Waals surface area (Å²) in [5, 5.41) is 10.6. The van der Waals surface area contributed by atoms with E-state index in [0.717, 1.165) is 29.4 Å². The smallest absolute Gasteiger partial charge is 0.146 e. The second-order valence-electron chi connectivity index (χ2n) is 5.03. The summed E-state index contributed by atoms with van der Waals surface area (Å²) >= 11 is 3.60. The topological polar surface area (TPSA) is 55.8 Å². The van der Waals surface area contributed by atoms with E-state index < -0.39 is 6.10 Å². The van der Waals surface area contributed by atoms with Gasteiger partial charge in [0.25, 0.3) is 0 Å². The molecule has 0 aliphatic carbocycles. The van der Waals surface area contributed by atoms with Gasteiger partial charge >= 0.3 is 0 Å². The molecule has 2 heterocycles. The standard InChI is InChI=1S/C13H22O4S2/c1-16-8-17-12-3-5-19-7-10(12)13(15)9-6-18-4-2-11(9)14/h9-10,12-13,15H,2-8H2,1H3/t9-,10-,12-,13-/m0/s1. The number of aliphatic hydroxyl groups is 1. The number of ketones is 1. The summed E-state index contributed by atoms with van der Waals surface area (Å²) in [7, 11) is 1.60. The van der Waals surface area contributed by atoms with E-state index in [4.69, 9.17) is 9.47 Å². The molecule has 2 rings (SSSR count). The highest BCUT2D eigenvalue weighted by atomic mass is 32.2. The molecular weight excluding hydrogens is 284 g/mol. The van der Waals surface area contributed by atoms with E-state index in [2.05, 4.69) is 0 Å². The van der Waals surface area contributed by atoms with Gasteiger partial charge in [-0.25, -0.2) is 0 Å². The molecule has 19 heavy (non-hydrogen) atoms. The molecule has 0 radical (unpaired) electrons. The zero-order valence-corrected chi connectivity index (χ0v) is 12.9. The minimum Gasteiger partial charge on any atom is -0.392 e. The van der Waals surface area contributed by atoms with Gasteiger partial charge in [-0.15, -0.1) is 0 Å². The van der Waals surface area contributed by atoms with Crippen molar-refractivity contribution in [2.24, 2.45) is 11.8 Å². The first kappa shape index (κ1) is 15.6. The lowest BCUT2D eigenvalue weighted by Gasteiger charge is -2.37. The van der Waals surface area contributed by atoms with Crippen molar-refractivity contribution < 1.29 is 19.4 Å². The number of ether oxygens (including phenoxy) is 2. The first-order chi connectivity index (χ1) is 9.24. The number of carbonyl (C=O) groups is 1. The van der Waals surface area contributed by atoms with Gasteiger partial charge in [0.15, 0.2) is 0 Å². The van der Waals surface area contributed by atoms with Gasteiger partial charge in [-0.2, -0.15) is 23.5 Å². The number of carbonyl (C=O) groups excluding carboxylic acids is 1. The Kier molecular flexibility index (Phi) is 6.49. The Morgan fingerprint density at radius 2 is 2.16 bits per heavy atom.